The number of amides is 2. The number of rotatable bonds is 3. The molecular weight excluding hydrogens is 144 g/mol. The normalized spacial score (nSPS) is 11.9. The maximum Gasteiger partial charge on any atom is 0.242 e. The van der Waals surface area contributed by atoms with E-state index in [0.29, 0.717) is 6.54 Å². The van der Waals surface area contributed by atoms with Gasteiger partial charge in [0.15, 0.2) is 0 Å². The summed E-state index contributed by atoms with van der Waals surface area (Å²) in [6, 6.07) is -0.438. The van der Waals surface area contributed by atoms with Crippen molar-refractivity contribution in [3.63, 3.8) is 0 Å². The average molecular weight is 158 g/mol. The van der Waals surface area contributed by atoms with E-state index in [-0.39, 0.29) is 11.8 Å². The number of hydrogen-bond donors (Lipinski definition) is 2. The molecule has 0 fully saturated rings. The highest BCUT2D eigenvalue weighted by Crippen LogP contribution is 1.80. The van der Waals surface area contributed by atoms with E-state index >= 15 is 0 Å². The molecule has 4 heteroatoms. The highest BCUT2D eigenvalue weighted by Gasteiger charge is 2.11. The largest absolute Gasteiger partial charge is 0.355 e. The molecule has 0 aromatic carbocycles. The van der Waals surface area contributed by atoms with Gasteiger partial charge in [0, 0.05) is 13.5 Å². The molecule has 0 aliphatic carbocycles. The van der Waals surface area contributed by atoms with Crippen LogP contribution in [-0.2, 0) is 9.59 Å². The molecule has 2 N–H and O–H groups in total. The number of hydrogen-bond acceptors (Lipinski definition) is 2. The summed E-state index contributed by atoms with van der Waals surface area (Å²) < 4.78 is 0. The summed E-state index contributed by atoms with van der Waals surface area (Å²) in [5, 5.41) is 5.07. The van der Waals surface area contributed by atoms with E-state index in [1.54, 1.807) is 6.92 Å². The molecule has 0 aliphatic heterocycles. The van der Waals surface area contributed by atoms with Gasteiger partial charge in [-0.1, -0.05) is 0 Å². The van der Waals surface area contributed by atoms with Gasteiger partial charge in [0.25, 0.3) is 0 Å². The van der Waals surface area contributed by atoms with Crippen molar-refractivity contribution in [3.8, 4) is 0 Å². The third-order valence-electron chi connectivity index (χ3n) is 1.16. The Morgan fingerprint density at radius 1 is 1.45 bits per heavy atom. The van der Waals surface area contributed by atoms with Gasteiger partial charge in [-0.2, -0.15) is 0 Å². The van der Waals surface area contributed by atoms with Crippen molar-refractivity contribution >= 4 is 11.8 Å². The van der Waals surface area contributed by atoms with Crippen molar-refractivity contribution in [2.45, 2.75) is 26.8 Å². The number of nitrogens with one attached hydrogen (secondary N) is 2. The molecule has 11 heavy (non-hydrogen) atoms. The Bertz CT molecular complexity index is 157. The summed E-state index contributed by atoms with van der Waals surface area (Å²) in [5.41, 5.74) is 0. The summed E-state index contributed by atoms with van der Waals surface area (Å²) >= 11 is 0. The predicted molar refractivity (Wildman–Crippen MR) is 42.0 cm³/mol. The van der Waals surface area contributed by atoms with Gasteiger partial charge in [0.05, 0.1) is 0 Å². The first-order valence-corrected chi connectivity index (χ1v) is 3.62. The van der Waals surface area contributed by atoms with E-state index in [4.69, 9.17) is 0 Å². The fraction of sp³-hybridized carbons (Fsp3) is 0.714. The van der Waals surface area contributed by atoms with Crippen LogP contribution in [0.3, 0.4) is 0 Å². The molecule has 0 bridgehead atoms. The molecule has 0 aromatic heterocycles. The van der Waals surface area contributed by atoms with E-state index in [0.717, 1.165) is 0 Å². The summed E-state index contributed by atoms with van der Waals surface area (Å²) in [4.78, 5) is 21.4. The van der Waals surface area contributed by atoms with E-state index in [1.165, 1.54) is 6.92 Å². The lowest BCUT2D eigenvalue weighted by Gasteiger charge is -2.10. The maximum atomic E-state index is 11.0. The van der Waals surface area contributed by atoms with E-state index < -0.39 is 6.04 Å². The monoisotopic (exact) mass is 158 g/mol. The minimum atomic E-state index is -0.438. The smallest absolute Gasteiger partial charge is 0.242 e. The second-order valence-corrected chi connectivity index (χ2v) is 2.32. The van der Waals surface area contributed by atoms with Gasteiger partial charge in [-0.15, -0.1) is 0 Å². The minimum absolute atomic E-state index is 0.150. The second-order valence-electron chi connectivity index (χ2n) is 2.32. The Balaban J connectivity index is 3.73. The first-order chi connectivity index (χ1) is 5.07. The van der Waals surface area contributed by atoms with Crippen molar-refractivity contribution in [3.05, 3.63) is 0 Å². The van der Waals surface area contributed by atoms with Crippen LogP contribution in [0.1, 0.15) is 20.8 Å². The molecule has 0 heterocycles. The first-order valence-electron chi connectivity index (χ1n) is 3.62. The Labute approximate surface area is 66.4 Å². The van der Waals surface area contributed by atoms with Crippen molar-refractivity contribution in [2.24, 2.45) is 0 Å². The molecule has 0 radical (unpaired) electrons. The van der Waals surface area contributed by atoms with Crippen molar-refractivity contribution in [1.82, 2.24) is 10.6 Å². The Morgan fingerprint density at radius 3 is 2.36 bits per heavy atom. The zero-order chi connectivity index (χ0) is 8.85. The zero-order valence-electron chi connectivity index (χ0n) is 7.10. The van der Waals surface area contributed by atoms with Crippen molar-refractivity contribution in [2.75, 3.05) is 6.54 Å². The van der Waals surface area contributed by atoms with Crippen LogP contribution in [0.5, 0.6) is 0 Å². The molecule has 0 saturated heterocycles. The predicted octanol–water partition coefficient (Wildman–Crippen LogP) is -0.353. The van der Waals surface area contributed by atoms with Crippen LogP contribution >= 0.6 is 0 Å². The Hall–Kier alpha value is -1.06. The Kier molecular flexibility index (Phi) is 4.26. The second kappa shape index (κ2) is 4.71. The zero-order valence-corrected chi connectivity index (χ0v) is 7.10. The first kappa shape index (κ1) is 9.94. The molecular formula is C7H14N2O2. The SMILES string of the molecule is CCNC(=O)C(C)NC(C)=O. The summed E-state index contributed by atoms with van der Waals surface area (Å²) in [5.74, 6) is -0.341. The molecule has 4 nitrogen and oxygen atoms in total. The van der Waals surface area contributed by atoms with Crippen LogP contribution in [0.25, 0.3) is 0 Å². The van der Waals surface area contributed by atoms with Crippen LogP contribution in [0, 0.1) is 0 Å². The molecule has 1 atom stereocenters. The van der Waals surface area contributed by atoms with Gasteiger partial charge >= 0.3 is 0 Å². The maximum absolute atomic E-state index is 11.0. The van der Waals surface area contributed by atoms with Crippen molar-refractivity contribution < 1.29 is 9.59 Å². The molecule has 0 aromatic rings. The number of likely N-dealkylation sites (N-methyl/N-ethyl adjacent to an activating group) is 1. The van der Waals surface area contributed by atoms with Gasteiger partial charge < -0.3 is 10.6 Å². The Morgan fingerprint density at radius 2 is 2.00 bits per heavy atom. The summed E-state index contributed by atoms with van der Waals surface area (Å²) in [6.07, 6.45) is 0. The van der Waals surface area contributed by atoms with Crippen LogP contribution in [-0.4, -0.2) is 24.4 Å². The quantitative estimate of drug-likeness (QED) is 0.589. The number of carbonyl (C=O) groups is 2. The fourth-order valence-electron chi connectivity index (χ4n) is 0.698. The van der Waals surface area contributed by atoms with Crippen LogP contribution in [0.15, 0.2) is 0 Å². The van der Waals surface area contributed by atoms with E-state index in [2.05, 4.69) is 10.6 Å². The van der Waals surface area contributed by atoms with Crippen LogP contribution < -0.4 is 10.6 Å². The third kappa shape index (κ3) is 4.36. The molecule has 64 valence electrons. The fourth-order valence-corrected chi connectivity index (χ4v) is 0.698. The van der Waals surface area contributed by atoms with Gasteiger partial charge in [0.1, 0.15) is 6.04 Å². The van der Waals surface area contributed by atoms with E-state index in [1.807, 2.05) is 6.92 Å². The van der Waals surface area contributed by atoms with Gasteiger partial charge in [-0.3, -0.25) is 9.59 Å². The lowest BCUT2D eigenvalue weighted by atomic mass is 10.3. The molecule has 0 saturated carbocycles. The van der Waals surface area contributed by atoms with Crippen LogP contribution in [0.4, 0.5) is 0 Å². The lowest BCUT2D eigenvalue weighted by molar-refractivity contribution is -0.127. The highest BCUT2D eigenvalue weighted by molar-refractivity contribution is 5.86. The lowest BCUT2D eigenvalue weighted by Crippen LogP contribution is -2.43. The van der Waals surface area contributed by atoms with Crippen LogP contribution in [0.2, 0.25) is 0 Å². The molecule has 1 unspecified atom stereocenters. The molecule has 0 aliphatic rings. The van der Waals surface area contributed by atoms with Gasteiger partial charge in [-0.25, -0.2) is 0 Å². The molecule has 0 spiro atoms. The molecule has 0 rings (SSSR count). The van der Waals surface area contributed by atoms with Crippen molar-refractivity contribution in [1.29, 1.82) is 0 Å². The van der Waals surface area contributed by atoms with E-state index in [9.17, 15) is 9.59 Å². The minimum Gasteiger partial charge on any atom is -0.355 e. The summed E-state index contributed by atoms with van der Waals surface area (Å²) in [6.45, 7) is 5.45. The van der Waals surface area contributed by atoms with Gasteiger partial charge in [0.2, 0.25) is 11.8 Å². The topological polar surface area (TPSA) is 58.2 Å². The van der Waals surface area contributed by atoms with Gasteiger partial charge in [-0.05, 0) is 13.8 Å². The average Bonchev–Trinajstić information content (AvgIpc) is 1.86. The third-order valence-corrected chi connectivity index (χ3v) is 1.16. The highest BCUT2D eigenvalue weighted by atomic mass is 16.2. The number of carbonyl (C=O) groups excluding carboxylic acids is 2. The molecule has 2 amide bonds. The summed E-state index contributed by atoms with van der Waals surface area (Å²) in [7, 11) is 0. The standard InChI is InChI=1S/C7H14N2O2/c1-4-8-7(11)5(2)9-6(3)10/h5H,4H2,1-3H3,(H,8,11)(H,9,10).